The average Bonchev–Trinajstić information content (AvgIpc) is 3.11. The van der Waals surface area contributed by atoms with Crippen LogP contribution in [0.3, 0.4) is 0 Å². The highest BCUT2D eigenvalue weighted by atomic mass is 32.2. The second-order valence-electron chi connectivity index (χ2n) is 6.30. The van der Waals surface area contributed by atoms with E-state index in [2.05, 4.69) is 20.7 Å². The fraction of sp³-hybridized carbons (Fsp3) is 0.150. The van der Waals surface area contributed by atoms with Crippen molar-refractivity contribution in [2.45, 2.75) is 18.1 Å². The molecule has 1 aliphatic heterocycles. The molecule has 0 fully saturated rings. The van der Waals surface area contributed by atoms with Gasteiger partial charge in [0, 0.05) is 11.4 Å². The number of aromatic nitrogens is 3. The number of fused-ring (bicyclic) bond motifs is 1. The average molecular weight is 395 g/mol. The molecule has 0 bridgehead atoms. The molecule has 6 nitrogen and oxygen atoms in total. The number of rotatable bonds is 4. The molecule has 2 N–H and O–H groups in total. The molecule has 8 heteroatoms. The number of nitrogens with zero attached hydrogens (tertiary/aromatic N) is 3. The van der Waals surface area contributed by atoms with Crippen LogP contribution in [0.5, 0.6) is 0 Å². The lowest BCUT2D eigenvalue weighted by Gasteiger charge is -2.28. The molecule has 1 amide bonds. The maximum absolute atomic E-state index is 13.5. The predicted molar refractivity (Wildman–Crippen MR) is 108 cm³/mol. The molecule has 28 heavy (non-hydrogen) atoms. The van der Waals surface area contributed by atoms with Gasteiger partial charge in [0.15, 0.2) is 0 Å². The predicted octanol–water partition coefficient (Wildman–Crippen LogP) is 4.07. The van der Waals surface area contributed by atoms with Gasteiger partial charge in [-0.05, 0) is 43.0 Å². The Labute approximate surface area is 165 Å². The summed E-state index contributed by atoms with van der Waals surface area (Å²) in [6, 6.07) is 14.8. The Balaban J connectivity index is 1.79. The molecule has 4 rings (SSSR count). The first-order valence-electron chi connectivity index (χ1n) is 8.67. The Hall–Kier alpha value is -3.13. The lowest BCUT2D eigenvalue weighted by Crippen LogP contribution is -2.31. The normalized spacial score (nSPS) is 15.8. The number of halogens is 1. The van der Waals surface area contributed by atoms with Crippen LogP contribution in [-0.4, -0.2) is 26.9 Å². The molecular formula is C20H18FN5OS. The summed E-state index contributed by atoms with van der Waals surface area (Å²) in [6.45, 7) is 1.83. The summed E-state index contributed by atoms with van der Waals surface area (Å²) in [4.78, 5) is 17.6. The highest BCUT2D eigenvalue weighted by molar-refractivity contribution is 7.98. The molecule has 142 valence electrons. The fourth-order valence-corrected chi connectivity index (χ4v) is 3.53. The fourth-order valence-electron chi connectivity index (χ4n) is 3.19. The summed E-state index contributed by atoms with van der Waals surface area (Å²) in [5, 5.41) is 11.2. The van der Waals surface area contributed by atoms with Crippen LogP contribution < -0.4 is 10.6 Å². The number of carbonyl (C=O) groups excluding carboxylic acids is 1. The van der Waals surface area contributed by atoms with Gasteiger partial charge in [0.25, 0.3) is 5.91 Å². The minimum atomic E-state index is -0.519. The molecule has 0 unspecified atom stereocenters. The maximum atomic E-state index is 13.5. The summed E-state index contributed by atoms with van der Waals surface area (Å²) in [5.41, 5.74) is 2.62. The lowest BCUT2D eigenvalue weighted by molar-refractivity contribution is -0.113. The van der Waals surface area contributed by atoms with Gasteiger partial charge < -0.3 is 10.6 Å². The zero-order valence-corrected chi connectivity index (χ0v) is 16.1. The Morgan fingerprint density at radius 2 is 1.89 bits per heavy atom. The van der Waals surface area contributed by atoms with Crippen LogP contribution in [0, 0.1) is 5.82 Å². The maximum Gasteiger partial charge on any atom is 0.255 e. The van der Waals surface area contributed by atoms with Gasteiger partial charge in [0.1, 0.15) is 11.9 Å². The van der Waals surface area contributed by atoms with Crippen LogP contribution in [-0.2, 0) is 4.79 Å². The van der Waals surface area contributed by atoms with Crippen molar-refractivity contribution < 1.29 is 9.18 Å². The third-order valence-electron chi connectivity index (χ3n) is 4.48. The second-order valence-corrected chi connectivity index (χ2v) is 7.08. The number of allylic oxidation sites excluding steroid dienone is 1. The molecule has 1 atom stereocenters. The third kappa shape index (κ3) is 3.38. The van der Waals surface area contributed by atoms with Crippen molar-refractivity contribution in [2.24, 2.45) is 0 Å². The van der Waals surface area contributed by atoms with Gasteiger partial charge in [0.05, 0.1) is 5.57 Å². The number of hydrogen-bond acceptors (Lipinski definition) is 5. The topological polar surface area (TPSA) is 71.8 Å². The Morgan fingerprint density at radius 3 is 2.57 bits per heavy atom. The van der Waals surface area contributed by atoms with E-state index in [-0.39, 0.29) is 11.7 Å². The number of benzene rings is 2. The first-order chi connectivity index (χ1) is 13.6. The van der Waals surface area contributed by atoms with E-state index in [0.29, 0.717) is 28.1 Å². The number of carbonyl (C=O) groups is 1. The van der Waals surface area contributed by atoms with Gasteiger partial charge in [-0.2, -0.15) is 4.98 Å². The van der Waals surface area contributed by atoms with E-state index in [1.54, 1.807) is 16.8 Å². The van der Waals surface area contributed by atoms with Gasteiger partial charge in [-0.1, -0.05) is 42.1 Å². The van der Waals surface area contributed by atoms with E-state index in [0.717, 1.165) is 5.56 Å². The first kappa shape index (κ1) is 18.2. The van der Waals surface area contributed by atoms with E-state index in [1.165, 1.54) is 23.9 Å². The number of anilines is 2. The minimum Gasteiger partial charge on any atom is -0.328 e. The molecule has 0 saturated carbocycles. The van der Waals surface area contributed by atoms with E-state index in [9.17, 15) is 9.18 Å². The first-order valence-corrected chi connectivity index (χ1v) is 9.89. The Morgan fingerprint density at radius 1 is 1.18 bits per heavy atom. The summed E-state index contributed by atoms with van der Waals surface area (Å²) >= 11 is 1.41. The van der Waals surface area contributed by atoms with Crippen molar-refractivity contribution in [1.29, 1.82) is 0 Å². The zero-order valence-electron chi connectivity index (χ0n) is 15.3. The molecule has 0 saturated heterocycles. The highest BCUT2D eigenvalue weighted by Gasteiger charge is 2.34. The molecule has 3 aromatic rings. The van der Waals surface area contributed by atoms with Gasteiger partial charge in [0.2, 0.25) is 11.1 Å². The van der Waals surface area contributed by atoms with Crippen LogP contribution in [0.15, 0.2) is 71.0 Å². The molecule has 0 aliphatic carbocycles. The largest absolute Gasteiger partial charge is 0.328 e. The van der Waals surface area contributed by atoms with Crippen molar-refractivity contribution in [1.82, 2.24) is 14.8 Å². The second kappa shape index (κ2) is 7.47. The van der Waals surface area contributed by atoms with E-state index in [1.807, 2.05) is 43.5 Å². The van der Waals surface area contributed by atoms with Crippen molar-refractivity contribution in [3.8, 4) is 0 Å². The van der Waals surface area contributed by atoms with E-state index in [4.69, 9.17) is 0 Å². The number of amides is 1. The highest BCUT2D eigenvalue weighted by Crippen LogP contribution is 2.36. The Kier molecular flexibility index (Phi) is 4.87. The number of nitrogens with one attached hydrogen (secondary N) is 2. The van der Waals surface area contributed by atoms with E-state index >= 15 is 0 Å². The van der Waals surface area contributed by atoms with Gasteiger partial charge >= 0.3 is 0 Å². The number of thioether (sulfide) groups is 1. The SMILES string of the molecule is CSc1nc2n(n1)[C@@H](c1ccc(F)cc1)C(C(=O)Nc1ccccc1)=C(C)N2. The number of hydrogen-bond donors (Lipinski definition) is 2. The molecule has 0 spiro atoms. The molecule has 2 aromatic carbocycles. The molecular weight excluding hydrogens is 377 g/mol. The Bertz CT molecular complexity index is 1050. The lowest BCUT2D eigenvalue weighted by atomic mass is 9.95. The van der Waals surface area contributed by atoms with Crippen LogP contribution in [0.1, 0.15) is 18.5 Å². The zero-order chi connectivity index (χ0) is 19.7. The summed E-state index contributed by atoms with van der Waals surface area (Å²) in [7, 11) is 0. The van der Waals surface area contributed by atoms with E-state index < -0.39 is 6.04 Å². The molecule has 0 radical (unpaired) electrons. The van der Waals surface area contributed by atoms with Crippen LogP contribution in [0.4, 0.5) is 16.0 Å². The quantitative estimate of drug-likeness (QED) is 0.652. The van der Waals surface area contributed by atoms with Gasteiger partial charge in [-0.3, -0.25) is 4.79 Å². The number of para-hydroxylation sites is 1. The standard InChI is InChI=1S/C20H18FN5OS/c1-12-16(18(27)23-15-6-4-3-5-7-15)17(13-8-10-14(21)11-9-13)26-19(22-12)24-20(25-26)28-2/h3-11,17H,1-2H3,(H,23,27)(H,22,24,25)/t17-/m0/s1. The van der Waals surface area contributed by atoms with Crippen LogP contribution in [0.2, 0.25) is 0 Å². The van der Waals surface area contributed by atoms with Crippen LogP contribution in [0.25, 0.3) is 0 Å². The van der Waals surface area contributed by atoms with Crippen molar-refractivity contribution >= 4 is 29.3 Å². The third-order valence-corrected chi connectivity index (χ3v) is 5.02. The van der Waals surface area contributed by atoms with Crippen LogP contribution >= 0.6 is 11.8 Å². The monoisotopic (exact) mass is 395 g/mol. The van der Waals surface area contributed by atoms with Gasteiger partial charge in [-0.25, -0.2) is 9.07 Å². The smallest absolute Gasteiger partial charge is 0.255 e. The minimum absolute atomic E-state index is 0.252. The molecule has 2 heterocycles. The van der Waals surface area contributed by atoms with Crippen molar-refractivity contribution in [3.63, 3.8) is 0 Å². The van der Waals surface area contributed by atoms with Crippen molar-refractivity contribution in [3.05, 3.63) is 77.2 Å². The summed E-state index contributed by atoms with van der Waals surface area (Å²) in [5.74, 6) is -0.0397. The molecule has 1 aliphatic rings. The summed E-state index contributed by atoms with van der Waals surface area (Å²) in [6.07, 6.45) is 1.89. The van der Waals surface area contributed by atoms with Crippen molar-refractivity contribution in [2.75, 3.05) is 16.9 Å². The summed E-state index contributed by atoms with van der Waals surface area (Å²) < 4.78 is 15.2. The molecule has 1 aromatic heterocycles. The van der Waals surface area contributed by atoms with Gasteiger partial charge in [-0.15, -0.1) is 5.10 Å².